The van der Waals surface area contributed by atoms with Crippen LogP contribution in [0.3, 0.4) is 0 Å². The molecule has 1 aromatic carbocycles. The Kier molecular flexibility index (Phi) is 4.42. The van der Waals surface area contributed by atoms with Gasteiger partial charge in [-0.3, -0.25) is 0 Å². The summed E-state index contributed by atoms with van der Waals surface area (Å²) in [6, 6.07) is 9.31. The van der Waals surface area contributed by atoms with Crippen molar-refractivity contribution < 1.29 is 4.74 Å². The first-order valence-electron chi connectivity index (χ1n) is 5.41. The highest BCUT2D eigenvalue weighted by molar-refractivity contribution is 6.35. The molecule has 1 heterocycles. The first-order chi connectivity index (χ1) is 8.69. The Morgan fingerprint density at radius 1 is 1.22 bits per heavy atom. The summed E-state index contributed by atoms with van der Waals surface area (Å²) in [4.78, 5) is 4.03. The normalized spacial score (nSPS) is 10.4. The van der Waals surface area contributed by atoms with Crippen LogP contribution in [0.25, 0.3) is 0 Å². The van der Waals surface area contributed by atoms with Gasteiger partial charge in [0.1, 0.15) is 10.8 Å². The molecule has 0 saturated heterocycles. The lowest BCUT2D eigenvalue weighted by atomic mass is 10.2. The molecule has 0 atom stereocenters. The van der Waals surface area contributed by atoms with Gasteiger partial charge in [-0.25, -0.2) is 4.98 Å². The molecule has 0 bridgehead atoms. The van der Waals surface area contributed by atoms with Crippen molar-refractivity contribution in [1.29, 1.82) is 0 Å². The molecule has 2 rings (SSSR count). The molecule has 0 fully saturated rings. The van der Waals surface area contributed by atoms with E-state index in [0.29, 0.717) is 21.7 Å². The van der Waals surface area contributed by atoms with Crippen LogP contribution in [0, 0.1) is 0 Å². The van der Waals surface area contributed by atoms with Crippen molar-refractivity contribution in [2.75, 3.05) is 7.05 Å². The van der Waals surface area contributed by atoms with Crippen LogP contribution < -0.4 is 10.1 Å². The molecular weight excluding hydrogens is 271 g/mol. The third-order valence-corrected chi connectivity index (χ3v) is 2.77. The molecule has 3 nitrogen and oxygen atoms in total. The Labute approximate surface area is 116 Å². The van der Waals surface area contributed by atoms with Gasteiger partial charge in [-0.1, -0.05) is 35.3 Å². The smallest absolute Gasteiger partial charge is 0.238 e. The van der Waals surface area contributed by atoms with Gasteiger partial charge in [0.2, 0.25) is 5.88 Å². The number of nitrogens with zero attached hydrogens (tertiary/aromatic N) is 1. The van der Waals surface area contributed by atoms with Gasteiger partial charge in [0.15, 0.2) is 0 Å². The van der Waals surface area contributed by atoms with Crippen LogP contribution >= 0.6 is 23.2 Å². The number of halogens is 2. The summed E-state index contributed by atoms with van der Waals surface area (Å²) in [6.07, 6.45) is 1.50. The van der Waals surface area contributed by atoms with E-state index in [4.69, 9.17) is 27.9 Å². The van der Waals surface area contributed by atoms with Crippen molar-refractivity contribution in [2.24, 2.45) is 0 Å². The number of ether oxygens (including phenoxy) is 1. The average Bonchev–Trinajstić information content (AvgIpc) is 2.35. The molecule has 2 aromatic rings. The number of nitrogens with one attached hydrogen (secondary N) is 1. The molecule has 0 amide bonds. The third-order valence-electron chi connectivity index (χ3n) is 2.29. The number of hydrogen-bond acceptors (Lipinski definition) is 3. The fourth-order valence-corrected chi connectivity index (χ4v) is 1.89. The fourth-order valence-electron chi connectivity index (χ4n) is 1.47. The fraction of sp³-hybridized carbons (Fsp3) is 0.154. The van der Waals surface area contributed by atoms with Crippen molar-refractivity contribution >= 4 is 23.2 Å². The van der Waals surface area contributed by atoms with Crippen molar-refractivity contribution in [1.82, 2.24) is 10.3 Å². The zero-order valence-electron chi connectivity index (χ0n) is 9.78. The van der Waals surface area contributed by atoms with Crippen LogP contribution in [0.1, 0.15) is 5.56 Å². The van der Waals surface area contributed by atoms with E-state index in [0.717, 1.165) is 6.54 Å². The van der Waals surface area contributed by atoms with Gasteiger partial charge in [0, 0.05) is 12.7 Å². The van der Waals surface area contributed by atoms with Crippen LogP contribution in [0.5, 0.6) is 11.6 Å². The SMILES string of the molecule is CNCc1ccc(Oc2ncc(Cl)cc2Cl)cc1. The number of hydrogen-bond donors (Lipinski definition) is 1. The number of rotatable bonds is 4. The van der Waals surface area contributed by atoms with E-state index < -0.39 is 0 Å². The van der Waals surface area contributed by atoms with Crippen molar-refractivity contribution in [3.63, 3.8) is 0 Å². The van der Waals surface area contributed by atoms with Gasteiger partial charge in [0.05, 0.1) is 5.02 Å². The minimum Gasteiger partial charge on any atom is -0.438 e. The largest absolute Gasteiger partial charge is 0.438 e. The molecule has 0 saturated carbocycles. The topological polar surface area (TPSA) is 34.1 Å². The lowest BCUT2D eigenvalue weighted by molar-refractivity contribution is 0.463. The van der Waals surface area contributed by atoms with E-state index in [1.807, 2.05) is 31.3 Å². The molecule has 0 unspecified atom stereocenters. The second-order valence-corrected chi connectivity index (χ2v) is 4.56. The zero-order chi connectivity index (χ0) is 13.0. The van der Waals surface area contributed by atoms with Gasteiger partial charge >= 0.3 is 0 Å². The maximum absolute atomic E-state index is 5.98. The van der Waals surface area contributed by atoms with E-state index in [1.54, 1.807) is 6.07 Å². The first-order valence-corrected chi connectivity index (χ1v) is 6.17. The van der Waals surface area contributed by atoms with E-state index in [9.17, 15) is 0 Å². The maximum atomic E-state index is 5.98. The maximum Gasteiger partial charge on any atom is 0.238 e. The molecule has 1 aromatic heterocycles. The van der Waals surface area contributed by atoms with Crippen LogP contribution in [-0.2, 0) is 6.54 Å². The third kappa shape index (κ3) is 3.35. The average molecular weight is 283 g/mol. The molecule has 0 aliphatic rings. The summed E-state index contributed by atoms with van der Waals surface area (Å²) in [7, 11) is 1.90. The van der Waals surface area contributed by atoms with E-state index in [1.165, 1.54) is 11.8 Å². The summed E-state index contributed by atoms with van der Waals surface area (Å²) < 4.78 is 5.58. The molecule has 0 radical (unpaired) electrons. The summed E-state index contributed by atoms with van der Waals surface area (Å²) in [5.74, 6) is 1.04. The minimum atomic E-state index is 0.349. The number of aromatic nitrogens is 1. The molecule has 18 heavy (non-hydrogen) atoms. The van der Waals surface area contributed by atoms with Crippen LogP contribution in [-0.4, -0.2) is 12.0 Å². The summed E-state index contributed by atoms with van der Waals surface area (Å²) in [5, 5.41) is 3.95. The van der Waals surface area contributed by atoms with E-state index >= 15 is 0 Å². The number of benzene rings is 1. The Balaban J connectivity index is 2.13. The Hall–Kier alpha value is -1.29. The molecule has 1 N–H and O–H groups in total. The predicted octanol–water partition coefficient (Wildman–Crippen LogP) is 3.90. The van der Waals surface area contributed by atoms with Crippen LogP contribution in [0.2, 0.25) is 10.0 Å². The molecule has 5 heteroatoms. The minimum absolute atomic E-state index is 0.349. The molecule has 94 valence electrons. The van der Waals surface area contributed by atoms with Gasteiger partial charge in [-0.2, -0.15) is 0 Å². The molecule has 0 aliphatic heterocycles. The van der Waals surface area contributed by atoms with Gasteiger partial charge in [-0.05, 0) is 30.8 Å². The lowest BCUT2D eigenvalue weighted by Crippen LogP contribution is -2.04. The first kappa shape index (κ1) is 13.1. The summed E-state index contributed by atoms with van der Waals surface area (Å²) in [5.41, 5.74) is 1.18. The highest BCUT2D eigenvalue weighted by atomic mass is 35.5. The summed E-state index contributed by atoms with van der Waals surface area (Å²) in [6.45, 7) is 0.820. The second kappa shape index (κ2) is 6.05. The molecule has 0 aliphatic carbocycles. The second-order valence-electron chi connectivity index (χ2n) is 3.72. The molecular formula is C13H12Cl2N2O. The van der Waals surface area contributed by atoms with Crippen LogP contribution in [0.4, 0.5) is 0 Å². The quantitative estimate of drug-likeness (QED) is 0.924. The zero-order valence-corrected chi connectivity index (χ0v) is 11.3. The monoisotopic (exact) mass is 282 g/mol. The van der Waals surface area contributed by atoms with E-state index in [2.05, 4.69) is 10.3 Å². The van der Waals surface area contributed by atoms with Gasteiger partial charge < -0.3 is 10.1 Å². The highest BCUT2D eigenvalue weighted by Crippen LogP contribution is 2.28. The molecule has 0 spiro atoms. The predicted molar refractivity (Wildman–Crippen MR) is 73.5 cm³/mol. The standard InChI is InChI=1S/C13H12Cl2N2O/c1-16-7-9-2-4-11(5-3-9)18-13-12(15)6-10(14)8-17-13/h2-6,8,16H,7H2,1H3. The van der Waals surface area contributed by atoms with Crippen LogP contribution in [0.15, 0.2) is 36.5 Å². The van der Waals surface area contributed by atoms with Crippen molar-refractivity contribution in [3.8, 4) is 11.6 Å². The summed E-state index contributed by atoms with van der Waals surface area (Å²) >= 11 is 11.7. The van der Waals surface area contributed by atoms with E-state index in [-0.39, 0.29) is 0 Å². The van der Waals surface area contributed by atoms with Gasteiger partial charge in [-0.15, -0.1) is 0 Å². The number of pyridine rings is 1. The Morgan fingerprint density at radius 2 is 1.94 bits per heavy atom. The lowest BCUT2D eigenvalue weighted by Gasteiger charge is -2.07. The van der Waals surface area contributed by atoms with Crippen molar-refractivity contribution in [3.05, 3.63) is 52.1 Å². The highest BCUT2D eigenvalue weighted by Gasteiger charge is 2.05. The van der Waals surface area contributed by atoms with Gasteiger partial charge in [0.25, 0.3) is 0 Å². The Morgan fingerprint density at radius 3 is 2.56 bits per heavy atom. The van der Waals surface area contributed by atoms with Crippen molar-refractivity contribution in [2.45, 2.75) is 6.54 Å². The Bertz CT molecular complexity index is 529.